The Bertz CT molecular complexity index is 956. The zero-order valence-corrected chi connectivity index (χ0v) is 17.1. The molecule has 1 aliphatic rings. The van der Waals surface area contributed by atoms with Gasteiger partial charge in [0.05, 0.1) is 15.1 Å². The summed E-state index contributed by atoms with van der Waals surface area (Å²) in [7, 11) is -3.27. The Morgan fingerprint density at radius 2 is 2.00 bits per heavy atom. The number of amides is 1. The Kier molecular flexibility index (Phi) is 5.39. The number of hydrogen-bond donors (Lipinski definition) is 0. The number of carbonyl (C=O) groups excluding carboxylic acids is 1. The Hall–Kier alpha value is -1.86. The maximum absolute atomic E-state index is 12.0. The van der Waals surface area contributed by atoms with Gasteiger partial charge in [-0.1, -0.05) is 25.1 Å². The Balaban J connectivity index is 1.90. The minimum absolute atomic E-state index is 0.0471. The maximum Gasteiger partial charge on any atom is 0.224 e. The van der Waals surface area contributed by atoms with Crippen LogP contribution in [0.2, 0.25) is 0 Å². The van der Waals surface area contributed by atoms with E-state index in [1.807, 2.05) is 25.1 Å². The van der Waals surface area contributed by atoms with Gasteiger partial charge in [-0.3, -0.25) is 4.79 Å². The highest BCUT2D eigenvalue weighted by Crippen LogP contribution is 2.36. The lowest BCUT2D eigenvalue weighted by Gasteiger charge is -2.31. The molecule has 0 radical (unpaired) electrons. The minimum Gasteiger partial charge on any atom is -0.456 e. The van der Waals surface area contributed by atoms with Crippen LogP contribution in [-0.4, -0.2) is 31.5 Å². The Labute approximate surface area is 162 Å². The van der Waals surface area contributed by atoms with Gasteiger partial charge in [0, 0.05) is 25.1 Å². The van der Waals surface area contributed by atoms with Crippen LogP contribution in [0.4, 0.5) is 0 Å². The number of β-lactam (4-membered cyclic amide) rings is 1. The predicted molar refractivity (Wildman–Crippen MR) is 103 cm³/mol. The van der Waals surface area contributed by atoms with E-state index in [1.165, 1.54) is 0 Å². The number of para-hydroxylation sites is 1. The van der Waals surface area contributed by atoms with Crippen LogP contribution in [0.1, 0.15) is 24.5 Å². The molecule has 2 aromatic rings. The summed E-state index contributed by atoms with van der Waals surface area (Å²) in [6, 6.07) is 10.6. The van der Waals surface area contributed by atoms with E-state index in [-0.39, 0.29) is 16.6 Å². The van der Waals surface area contributed by atoms with Gasteiger partial charge in [-0.25, -0.2) is 8.42 Å². The second kappa shape index (κ2) is 7.40. The van der Waals surface area contributed by atoms with Crippen molar-refractivity contribution in [2.24, 2.45) is 0 Å². The van der Waals surface area contributed by atoms with Crippen molar-refractivity contribution in [3.05, 3.63) is 52.0 Å². The topological polar surface area (TPSA) is 63.7 Å². The molecular weight excluding hydrogens is 418 g/mol. The summed E-state index contributed by atoms with van der Waals surface area (Å²) >= 11 is 3.41. The molecule has 1 heterocycles. The molecule has 138 valence electrons. The van der Waals surface area contributed by atoms with E-state index in [9.17, 15) is 13.2 Å². The molecular formula is C19H20BrNO4S. The summed E-state index contributed by atoms with van der Waals surface area (Å²) in [5.74, 6) is 1.42. The third-order valence-corrected chi connectivity index (χ3v) is 6.81. The number of rotatable bonds is 6. The second-order valence-electron chi connectivity index (χ2n) is 6.23. The summed E-state index contributed by atoms with van der Waals surface area (Å²) in [5, 5.41) is 0. The minimum atomic E-state index is -3.27. The first-order valence-electron chi connectivity index (χ1n) is 8.38. The molecule has 1 saturated heterocycles. The molecule has 1 amide bonds. The van der Waals surface area contributed by atoms with Gasteiger partial charge < -0.3 is 9.64 Å². The van der Waals surface area contributed by atoms with Gasteiger partial charge in [-0.15, -0.1) is 0 Å². The number of benzene rings is 2. The molecule has 0 unspecified atom stereocenters. The fraction of sp³-hybridized carbons (Fsp3) is 0.316. The lowest BCUT2D eigenvalue weighted by Crippen LogP contribution is -2.42. The number of nitrogens with zero attached hydrogens (tertiary/aromatic N) is 1. The number of likely N-dealkylation sites (tertiary alicyclic amines) is 1. The summed E-state index contributed by atoms with van der Waals surface area (Å²) < 4.78 is 30.7. The molecule has 1 aliphatic heterocycles. The molecule has 0 atom stereocenters. The number of carbonyl (C=O) groups is 1. The van der Waals surface area contributed by atoms with Crippen molar-refractivity contribution in [2.45, 2.75) is 31.7 Å². The molecule has 0 bridgehead atoms. The summed E-state index contributed by atoms with van der Waals surface area (Å²) in [4.78, 5) is 13.7. The summed E-state index contributed by atoms with van der Waals surface area (Å²) in [6.45, 7) is 4.83. The lowest BCUT2D eigenvalue weighted by molar-refractivity contribution is -0.140. The highest BCUT2D eigenvalue weighted by molar-refractivity contribution is 9.10. The average molecular weight is 438 g/mol. The molecule has 7 heteroatoms. The lowest BCUT2D eigenvalue weighted by atomic mass is 10.1. The first kappa shape index (κ1) is 18.9. The fourth-order valence-electron chi connectivity index (χ4n) is 2.75. The predicted octanol–water partition coefficient (Wildman–Crippen LogP) is 4.08. The number of halogens is 1. The van der Waals surface area contributed by atoms with E-state index < -0.39 is 9.84 Å². The van der Waals surface area contributed by atoms with Crippen molar-refractivity contribution >= 4 is 31.7 Å². The van der Waals surface area contributed by atoms with Gasteiger partial charge in [0.2, 0.25) is 5.91 Å². The van der Waals surface area contributed by atoms with E-state index in [4.69, 9.17) is 4.74 Å². The third kappa shape index (κ3) is 3.78. The molecule has 0 saturated carbocycles. The molecule has 0 spiro atoms. The van der Waals surface area contributed by atoms with Crippen LogP contribution in [0, 0.1) is 6.92 Å². The normalized spacial score (nSPS) is 14.3. The van der Waals surface area contributed by atoms with Gasteiger partial charge in [-0.2, -0.15) is 0 Å². The van der Waals surface area contributed by atoms with Crippen molar-refractivity contribution < 1.29 is 17.9 Å². The number of ether oxygens (including phenoxy) is 1. The SMILES string of the molecule is CCS(=O)(=O)c1ccc(Oc2c(C)cccc2CN2CCC2=O)c(Br)c1. The van der Waals surface area contributed by atoms with Gasteiger partial charge in [0.15, 0.2) is 9.84 Å². The standard InChI is InChI=1S/C19H20BrNO4S/c1-3-26(23,24)15-7-8-17(16(20)11-15)25-19-13(2)5-4-6-14(19)12-21-10-9-18(21)22/h4-8,11H,3,9-10,12H2,1-2H3. The fourth-order valence-corrected chi connectivity index (χ4v) is 4.27. The van der Waals surface area contributed by atoms with Crippen molar-refractivity contribution in [1.29, 1.82) is 0 Å². The van der Waals surface area contributed by atoms with Gasteiger partial charge in [0.25, 0.3) is 0 Å². The van der Waals surface area contributed by atoms with Crippen molar-refractivity contribution in [3.8, 4) is 11.5 Å². The quantitative estimate of drug-likeness (QED) is 0.638. The Morgan fingerprint density at radius 3 is 2.58 bits per heavy atom. The van der Waals surface area contributed by atoms with Crippen LogP contribution in [0.5, 0.6) is 11.5 Å². The highest BCUT2D eigenvalue weighted by atomic mass is 79.9. The van der Waals surface area contributed by atoms with E-state index >= 15 is 0 Å². The van der Waals surface area contributed by atoms with Crippen LogP contribution in [0.25, 0.3) is 0 Å². The van der Waals surface area contributed by atoms with Crippen LogP contribution in [0.15, 0.2) is 45.8 Å². The van der Waals surface area contributed by atoms with Crippen molar-refractivity contribution in [2.75, 3.05) is 12.3 Å². The third-order valence-electron chi connectivity index (χ3n) is 4.46. The van der Waals surface area contributed by atoms with Gasteiger partial charge in [-0.05, 0) is 46.6 Å². The molecule has 5 nitrogen and oxygen atoms in total. The zero-order chi connectivity index (χ0) is 18.9. The smallest absolute Gasteiger partial charge is 0.224 e. The Morgan fingerprint density at radius 1 is 1.23 bits per heavy atom. The summed E-state index contributed by atoms with van der Waals surface area (Å²) in [6.07, 6.45) is 0.598. The van der Waals surface area contributed by atoms with E-state index in [2.05, 4.69) is 15.9 Å². The second-order valence-corrected chi connectivity index (χ2v) is 9.36. The maximum atomic E-state index is 12.0. The van der Waals surface area contributed by atoms with Crippen LogP contribution < -0.4 is 4.74 Å². The molecule has 0 aliphatic carbocycles. The van der Waals surface area contributed by atoms with E-state index in [1.54, 1.807) is 30.0 Å². The van der Waals surface area contributed by atoms with E-state index in [0.717, 1.165) is 17.7 Å². The molecule has 0 N–H and O–H groups in total. The van der Waals surface area contributed by atoms with Crippen molar-refractivity contribution in [3.63, 3.8) is 0 Å². The number of sulfone groups is 1. The highest BCUT2D eigenvalue weighted by Gasteiger charge is 2.25. The van der Waals surface area contributed by atoms with E-state index in [0.29, 0.717) is 28.9 Å². The van der Waals surface area contributed by atoms with Crippen LogP contribution in [-0.2, 0) is 21.2 Å². The first-order chi connectivity index (χ1) is 12.3. The van der Waals surface area contributed by atoms with Gasteiger partial charge in [0.1, 0.15) is 11.5 Å². The summed E-state index contributed by atoms with van der Waals surface area (Å²) in [5.41, 5.74) is 1.88. The van der Waals surface area contributed by atoms with Crippen LogP contribution in [0.3, 0.4) is 0 Å². The molecule has 26 heavy (non-hydrogen) atoms. The van der Waals surface area contributed by atoms with Crippen molar-refractivity contribution in [1.82, 2.24) is 4.90 Å². The van der Waals surface area contributed by atoms with Crippen LogP contribution >= 0.6 is 15.9 Å². The first-order valence-corrected chi connectivity index (χ1v) is 10.8. The molecule has 2 aromatic carbocycles. The largest absolute Gasteiger partial charge is 0.456 e. The number of aryl methyl sites for hydroxylation is 1. The zero-order valence-electron chi connectivity index (χ0n) is 14.7. The monoisotopic (exact) mass is 437 g/mol. The molecule has 0 aromatic heterocycles. The average Bonchev–Trinajstić information content (AvgIpc) is 2.62. The molecule has 1 fully saturated rings. The van der Waals surface area contributed by atoms with Gasteiger partial charge >= 0.3 is 0 Å². The molecule has 3 rings (SSSR count). The number of hydrogen-bond acceptors (Lipinski definition) is 4.